The molecule has 0 bridgehead atoms. The zero-order chi connectivity index (χ0) is 12.1. The normalized spacial score (nSPS) is 18.7. The minimum atomic E-state index is 0.118. The maximum absolute atomic E-state index is 5.72. The lowest BCUT2D eigenvalue weighted by atomic mass is 10.1. The molecule has 1 atom stereocenters. The van der Waals surface area contributed by atoms with Gasteiger partial charge < -0.3 is 15.2 Å². The van der Waals surface area contributed by atoms with E-state index in [9.17, 15) is 0 Å². The van der Waals surface area contributed by atoms with Crippen molar-refractivity contribution in [3.8, 4) is 5.75 Å². The van der Waals surface area contributed by atoms with Gasteiger partial charge in [0.05, 0.1) is 13.7 Å². The molecule has 0 aliphatic carbocycles. The fraction of sp³-hybridized carbons (Fsp3) is 0.462. The van der Waals surface area contributed by atoms with Crippen LogP contribution in [0.5, 0.6) is 5.75 Å². The molecular formula is C13H18N2O2. The second kappa shape index (κ2) is 5.68. The lowest BCUT2D eigenvalue weighted by Crippen LogP contribution is -2.18. The molecule has 4 nitrogen and oxygen atoms in total. The molecule has 1 aliphatic rings. The molecule has 0 spiro atoms. The van der Waals surface area contributed by atoms with Crippen molar-refractivity contribution >= 4 is 5.90 Å². The highest BCUT2D eigenvalue weighted by Crippen LogP contribution is 2.21. The van der Waals surface area contributed by atoms with Crippen LogP contribution in [0, 0.1) is 0 Å². The zero-order valence-electron chi connectivity index (χ0n) is 10.1. The molecular weight excluding hydrogens is 216 g/mol. The highest BCUT2D eigenvalue weighted by Gasteiger charge is 2.20. The minimum Gasteiger partial charge on any atom is -0.496 e. The number of rotatable bonds is 5. The topological polar surface area (TPSA) is 56.8 Å². The molecule has 4 heteroatoms. The lowest BCUT2D eigenvalue weighted by molar-refractivity contribution is 0.218. The van der Waals surface area contributed by atoms with Gasteiger partial charge in [-0.15, -0.1) is 0 Å². The molecule has 92 valence electrons. The lowest BCUT2D eigenvalue weighted by Gasteiger charge is -2.13. The van der Waals surface area contributed by atoms with Gasteiger partial charge in [-0.25, -0.2) is 0 Å². The zero-order valence-corrected chi connectivity index (χ0v) is 10.1. The van der Waals surface area contributed by atoms with Gasteiger partial charge in [-0.05, 0) is 11.6 Å². The fourth-order valence-corrected chi connectivity index (χ4v) is 1.96. The van der Waals surface area contributed by atoms with E-state index < -0.39 is 0 Å². The molecule has 1 aliphatic heterocycles. The Morgan fingerprint density at radius 3 is 3.06 bits per heavy atom. The van der Waals surface area contributed by atoms with Gasteiger partial charge in [0, 0.05) is 19.4 Å². The van der Waals surface area contributed by atoms with Crippen LogP contribution in [0.3, 0.4) is 0 Å². The molecule has 1 unspecified atom stereocenters. The predicted octanol–water partition coefficient (Wildman–Crippen LogP) is 1.38. The molecule has 0 amide bonds. The van der Waals surface area contributed by atoms with Gasteiger partial charge in [0.2, 0.25) is 0 Å². The van der Waals surface area contributed by atoms with Crippen LogP contribution in [0.2, 0.25) is 0 Å². The van der Waals surface area contributed by atoms with Crippen molar-refractivity contribution in [1.82, 2.24) is 0 Å². The van der Waals surface area contributed by atoms with E-state index in [1.54, 1.807) is 7.11 Å². The van der Waals surface area contributed by atoms with Gasteiger partial charge in [-0.2, -0.15) is 0 Å². The van der Waals surface area contributed by atoms with Gasteiger partial charge in [0.1, 0.15) is 11.9 Å². The number of nitrogens with zero attached hydrogens (tertiary/aromatic N) is 1. The van der Waals surface area contributed by atoms with Crippen molar-refractivity contribution in [1.29, 1.82) is 0 Å². The van der Waals surface area contributed by atoms with E-state index in [0.717, 1.165) is 30.1 Å². The summed E-state index contributed by atoms with van der Waals surface area (Å²) in [5.74, 6) is 1.69. The molecule has 0 aromatic heterocycles. The predicted molar refractivity (Wildman–Crippen MR) is 67.5 cm³/mol. The number of para-hydroxylation sites is 1. The van der Waals surface area contributed by atoms with Gasteiger partial charge in [-0.1, -0.05) is 18.2 Å². The SMILES string of the molecule is COc1ccccc1CC1CN=C(CCN)O1. The average Bonchev–Trinajstić information content (AvgIpc) is 2.78. The maximum Gasteiger partial charge on any atom is 0.185 e. The summed E-state index contributed by atoms with van der Waals surface area (Å²) < 4.78 is 11.0. The molecule has 2 N–H and O–H groups in total. The second-order valence-corrected chi connectivity index (χ2v) is 4.03. The quantitative estimate of drug-likeness (QED) is 0.837. The number of nitrogens with two attached hydrogens (primary N) is 1. The van der Waals surface area contributed by atoms with Crippen LogP contribution >= 0.6 is 0 Å². The second-order valence-electron chi connectivity index (χ2n) is 4.03. The first-order valence-corrected chi connectivity index (χ1v) is 5.85. The summed E-state index contributed by atoms with van der Waals surface area (Å²) in [6, 6.07) is 8.00. The molecule has 17 heavy (non-hydrogen) atoms. The molecule has 0 fully saturated rings. The van der Waals surface area contributed by atoms with E-state index in [2.05, 4.69) is 11.1 Å². The first-order valence-electron chi connectivity index (χ1n) is 5.85. The van der Waals surface area contributed by atoms with Crippen molar-refractivity contribution in [3.63, 3.8) is 0 Å². The van der Waals surface area contributed by atoms with Gasteiger partial charge in [0.15, 0.2) is 5.90 Å². The van der Waals surface area contributed by atoms with Crippen LogP contribution in [0.25, 0.3) is 0 Å². The summed E-state index contributed by atoms with van der Waals surface area (Å²) in [6.07, 6.45) is 1.66. The monoisotopic (exact) mass is 234 g/mol. The third-order valence-corrected chi connectivity index (χ3v) is 2.77. The van der Waals surface area contributed by atoms with Gasteiger partial charge >= 0.3 is 0 Å². The maximum atomic E-state index is 5.72. The van der Waals surface area contributed by atoms with E-state index in [1.807, 2.05) is 18.2 Å². The minimum absolute atomic E-state index is 0.118. The number of methoxy groups -OCH3 is 1. The molecule has 0 saturated carbocycles. The third-order valence-electron chi connectivity index (χ3n) is 2.77. The molecule has 0 saturated heterocycles. The Hall–Kier alpha value is -1.55. The van der Waals surface area contributed by atoms with Crippen molar-refractivity contribution in [2.24, 2.45) is 10.7 Å². The van der Waals surface area contributed by atoms with Gasteiger partial charge in [0.25, 0.3) is 0 Å². The third kappa shape index (κ3) is 2.97. The number of aliphatic imine (C=N–C) groups is 1. The van der Waals surface area contributed by atoms with E-state index in [1.165, 1.54) is 0 Å². The van der Waals surface area contributed by atoms with E-state index in [0.29, 0.717) is 13.1 Å². The molecule has 0 radical (unpaired) electrons. The Labute approximate surface area is 101 Å². The number of ether oxygens (including phenoxy) is 2. The Balaban J connectivity index is 1.94. The van der Waals surface area contributed by atoms with Crippen LogP contribution in [0.4, 0.5) is 0 Å². The van der Waals surface area contributed by atoms with Crippen molar-refractivity contribution < 1.29 is 9.47 Å². The first-order chi connectivity index (χ1) is 8.33. The highest BCUT2D eigenvalue weighted by molar-refractivity contribution is 5.77. The Morgan fingerprint density at radius 1 is 1.47 bits per heavy atom. The summed E-state index contributed by atoms with van der Waals surface area (Å²) in [6.45, 7) is 1.30. The fourth-order valence-electron chi connectivity index (χ4n) is 1.96. The van der Waals surface area contributed by atoms with Gasteiger partial charge in [-0.3, -0.25) is 4.99 Å². The average molecular weight is 234 g/mol. The highest BCUT2D eigenvalue weighted by atomic mass is 16.5. The van der Waals surface area contributed by atoms with E-state index in [-0.39, 0.29) is 6.10 Å². The van der Waals surface area contributed by atoms with E-state index >= 15 is 0 Å². The standard InChI is InChI=1S/C13H18N2O2/c1-16-12-5-3-2-4-10(12)8-11-9-15-13(17-11)6-7-14/h2-5,11H,6-9,14H2,1H3. The Kier molecular flexibility index (Phi) is 3.98. The summed E-state index contributed by atoms with van der Waals surface area (Å²) in [7, 11) is 1.69. The number of hydrogen-bond donors (Lipinski definition) is 1. The van der Waals surface area contributed by atoms with Crippen molar-refractivity contribution in [2.45, 2.75) is 18.9 Å². The largest absolute Gasteiger partial charge is 0.496 e. The smallest absolute Gasteiger partial charge is 0.185 e. The van der Waals surface area contributed by atoms with Crippen LogP contribution in [0.15, 0.2) is 29.3 Å². The Morgan fingerprint density at radius 2 is 2.29 bits per heavy atom. The molecule has 2 rings (SSSR count). The summed E-state index contributed by atoms with van der Waals surface area (Å²) in [5.41, 5.74) is 6.63. The van der Waals surface area contributed by atoms with Crippen molar-refractivity contribution in [2.75, 3.05) is 20.2 Å². The molecule has 1 aromatic rings. The van der Waals surface area contributed by atoms with E-state index in [4.69, 9.17) is 15.2 Å². The van der Waals surface area contributed by atoms with Crippen LogP contribution in [-0.4, -0.2) is 32.2 Å². The van der Waals surface area contributed by atoms with Crippen LogP contribution < -0.4 is 10.5 Å². The molecule has 1 aromatic carbocycles. The van der Waals surface area contributed by atoms with Crippen LogP contribution in [0.1, 0.15) is 12.0 Å². The summed E-state index contributed by atoms with van der Waals surface area (Å²) in [5, 5.41) is 0. The summed E-state index contributed by atoms with van der Waals surface area (Å²) in [4.78, 5) is 4.33. The number of benzene rings is 1. The Bertz CT molecular complexity index is 404. The first kappa shape index (κ1) is 11.9. The van der Waals surface area contributed by atoms with Crippen LogP contribution in [-0.2, 0) is 11.2 Å². The number of hydrogen-bond acceptors (Lipinski definition) is 4. The van der Waals surface area contributed by atoms with Crippen molar-refractivity contribution in [3.05, 3.63) is 29.8 Å². The molecule has 1 heterocycles. The summed E-state index contributed by atoms with van der Waals surface area (Å²) >= 11 is 0.